The summed E-state index contributed by atoms with van der Waals surface area (Å²) in [6.45, 7) is 9.23. The SMILES string of the molecule is CN=C(NCCc1cn2cccc(C)c2n1)NC(C)(C)C.I. The smallest absolute Gasteiger partial charge is 0.191 e. The van der Waals surface area contributed by atoms with Gasteiger partial charge in [-0.3, -0.25) is 4.99 Å². The van der Waals surface area contributed by atoms with Gasteiger partial charge in [-0.05, 0) is 39.3 Å². The monoisotopic (exact) mass is 415 g/mol. The first-order valence-corrected chi connectivity index (χ1v) is 7.31. The van der Waals surface area contributed by atoms with Gasteiger partial charge in [-0.1, -0.05) is 6.07 Å². The Morgan fingerprint density at radius 1 is 1.36 bits per heavy atom. The zero-order chi connectivity index (χ0) is 15.5. The van der Waals surface area contributed by atoms with Crippen molar-refractivity contribution in [3.8, 4) is 0 Å². The van der Waals surface area contributed by atoms with Crippen LogP contribution in [0.5, 0.6) is 0 Å². The maximum atomic E-state index is 4.67. The van der Waals surface area contributed by atoms with Crippen molar-refractivity contribution in [2.75, 3.05) is 13.6 Å². The molecule has 0 fully saturated rings. The Morgan fingerprint density at radius 2 is 2.09 bits per heavy atom. The second kappa shape index (κ2) is 7.80. The molecule has 0 aromatic carbocycles. The molecule has 2 rings (SSSR count). The first-order chi connectivity index (χ1) is 9.89. The van der Waals surface area contributed by atoms with E-state index in [1.54, 1.807) is 7.05 Å². The molecule has 0 aliphatic carbocycles. The fourth-order valence-corrected chi connectivity index (χ4v) is 2.17. The van der Waals surface area contributed by atoms with Gasteiger partial charge in [0.15, 0.2) is 5.96 Å². The van der Waals surface area contributed by atoms with Gasteiger partial charge in [-0.2, -0.15) is 0 Å². The predicted octanol–water partition coefficient (Wildman–Crippen LogP) is 2.77. The van der Waals surface area contributed by atoms with E-state index < -0.39 is 0 Å². The maximum Gasteiger partial charge on any atom is 0.191 e. The summed E-state index contributed by atoms with van der Waals surface area (Å²) in [7, 11) is 1.79. The van der Waals surface area contributed by atoms with E-state index in [1.165, 1.54) is 5.56 Å². The molecule has 0 bridgehead atoms. The fourth-order valence-electron chi connectivity index (χ4n) is 2.17. The minimum atomic E-state index is 0. The van der Waals surface area contributed by atoms with Crippen molar-refractivity contribution in [3.63, 3.8) is 0 Å². The predicted molar refractivity (Wildman–Crippen MR) is 103 cm³/mol. The van der Waals surface area contributed by atoms with E-state index >= 15 is 0 Å². The average molecular weight is 415 g/mol. The van der Waals surface area contributed by atoms with Crippen LogP contribution >= 0.6 is 24.0 Å². The summed E-state index contributed by atoms with van der Waals surface area (Å²) < 4.78 is 2.08. The number of imidazole rings is 1. The lowest BCUT2D eigenvalue weighted by Crippen LogP contribution is -2.48. The van der Waals surface area contributed by atoms with Crippen LogP contribution in [0.1, 0.15) is 32.0 Å². The Kier molecular flexibility index (Phi) is 6.65. The molecule has 0 saturated heterocycles. The van der Waals surface area contributed by atoms with Gasteiger partial charge in [-0.15, -0.1) is 24.0 Å². The van der Waals surface area contributed by atoms with Crippen LogP contribution < -0.4 is 10.6 Å². The number of pyridine rings is 1. The Balaban J connectivity index is 0.00000242. The zero-order valence-corrected chi connectivity index (χ0v) is 16.3. The number of hydrogen-bond donors (Lipinski definition) is 2. The number of guanidine groups is 1. The first kappa shape index (κ1) is 18.7. The zero-order valence-electron chi connectivity index (χ0n) is 14.0. The Bertz CT molecular complexity index is 640. The molecular formula is C16H26IN5. The number of nitrogens with zero attached hydrogens (tertiary/aromatic N) is 3. The molecule has 0 unspecified atom stereocenters. The van der Waals surface area contributed by atoms with E-state index in [2.05, 4.69) is 65.0 Å². The number of fused-ring (bicyclic) bond motifs is 1. The highest BCUT2D eigenvalue weighted by atomic mass is 127. The Hall–Kier alpha value is -1.31. The second-order valence-electron chi connectivity index (χ2n) is 6.28. The summed E-state index contributed by atoms with van der Waals surface area (Å²) in [4.78, 5) is 8.90. The summed E-state index contributed by atoms with van der Waals surface area (Å²) in [6.07, 6.45) is 4.99. The van der Waals surface area contributed by atoms with Gasteiger partial charge in [0.25, 0.3) is 0 Å². The molecule has 0 aliphatic rings. The highest BCUT2D eigenvalue weighted by molar-refractivity contribution is 14.0. The van der Waals surface area contributed by atoms with Gasteiger partial charge >= 0.3 is 0 Å². The number of aryl methyl sites for hydroxylation is 1. The van der Waals surface area contributed by atoms with Crippen molar-refractivity contribution < 1.29 is 0 Å². The molecule has 2 aromatic rings. The van der Waals surface area contributed by atoms with Crippen LogP contribution in [0.3, 0.4) is 0 Å². The van der Waals surface area contributed by atoms with E-state index in [0.29, 0.717) is 0 Å². The highest BCUT2D eigenvalue weighted by Gasteiger charge is 2.11. The molecule has 0 spiro atoms. The fraction of sp³-hybridized carbons (Fsp3) is 0.500. The largest absolute Gasteiger partial charge is 0.356 e. The van der Waals surface area contributed by atoms with Gasteiger partial charge in [0.05, 0.1) is 5.69 Å². The molecule has 0 amide bonds. The summed E-state index contributed by atoms with van der Waals surface area (Å²) >= 11 is 0. The van der Waals surface area contributed by atoms with Gasteiger partial charge < -0.3 is 15.0 Å². The van der Waals surface area contributed by atoms with Crippen molar-refractivity contribution in [3.05, 3.63) is 35.8 Å². The van der Waals surface area contributed by atoms with E-state index in [4.69, 9.17) is 0 Å². The topological polar surface area (TPSA) is 53.7 Å². The standard InChI is InChI=1S/C16H25N5.HI/c1-12-7-6-10-21-11-13(19-14(12)21)8-9-18-15(17-5)20-16(2,3)4;/h6-7,10-11H,8-9H2,1-5H3,(H2,17,18,20);1H. The summed E-state index contributed by atoms with van der Waals surface area (Å²) in [5, 5.41) is 6.66. The van der Waals surface area contributed by atoms with E-state index in [-0.39, 0.29) is 29.5 Å². The van der Waals surface area contributed by atoms with E-state index in [0.717, 1.165) is 30.3 Å². The average Bonchev–Trinajstić information content (AvgIpc) is 2.80. The number of nitrogens with one attached hydrogen (secondary N) is 2. The van der Waals surface area contributed by atoms with Gasteiger partial charge in [0.1, 0.15) is 5.65 Å². The molecule has 0 radical (unpaired) electrons. The second-order valence-corrected chi connectivity index (χ2v) is 6.28. The Labute approximate surface area is 149 Å². The summed E-state index contributed by atoms with van der Waals surface area (Å²) in [5.74, 6) is 0.822. The molecule has 2 N–H and O–H groups in total. The lowest BCUT2D eigenvalue weighted by molar-refractivity contribution is 0.501. The lowest BCUT2D eigenvalue weighted by Gasteiger charge is -2.23. The molecule has 5 nitrogen and oxygen atoms in total. The van der Waals surface area contributed by atoms with Crippen molar-refractivity contribution in [2.45, 2.75) is 39.7 Å². The molecule has 2 aromatic heterocycles. The Morgan fingerprint density at radius 3 is 2.68 bits per heavy atom. The molecule has 0 aliphatic heterocycles. The molecule has 22 heavy (non-hydrogen) atoms. The van der Waals surface area contributed by atoms with Crippen LogP contribution in [0, 0.1) is 6.92 Å². The third-order valence-corrected chi connectivity index (χ3v) is 3.12. The van der Waals surface area contributed by atoms with Crippen LogP contribution in [0.2, 0.25) is 0 Å². The summed E-state index contributed by atoms with van der Waals surface area (Å²) in [5.41, 5.74) is 3.32. The van der Waals surface area contributed by atoms with Gasteiger partial charge in [0.2, 0.25) is 0 Å². The number of aromatic nitrogens is 2. The molecule has 0 saturated carbocycles. The number of rotatable bonds is 3. The number of halogens is 1. The molecule has 0 atom stereocenters. The normalized spacial score (nSPS) is 12.1. The third kappa shape index (κ3) is 5.15. The number of aliphatic imine (C=N–C) groups is 1. The maximum absolute atomic E-state index is 4.67. The van der Waals surface area contributed by atoms with Gasteiger partial charge in [-0.25, -0.2) is 4.98 Å². The van der Waals surface area contributed by atoms with Crippen LogP contribution in [0.15, 0.2) is 29.5 Å². The molecule has 6 heteroatoms. The lowest BCUT2D eigenvalue weighted by atomic mass is 10.1. The van der Waals surface area contributed by atoms with E-state index in [9.17, 15) is 0 Å². The van der Waals surface area contributed by atoms with Crippen molar-refractivity contribution >= 4 is 35.6 Å². The quantitative estimate of drug-likeness (QED) is 0.461. The molecule has 2 heterocycles. The number of hydrogen-bond acceptors (Lipinski definition) is 2. The molecular weight excluding hydrogens is 389 g/mol. The van der Waals surface area contributed by atoms with Gasteiger partial charge in [0, 0.05) is 37.9 Å². The van der Waals surface area contributed by atoms with Crippen LogP contribution in [-0.2, 0) is 6.42 Å². The minimum absolute atomic E-state index is 0. The summed E-state index contributed by atoms with van der Waals surface area (Å²) in [6, 6.07) is 4.13. The minimum Gasteiger partial charge on any atom is -0.356 e. The highest BCUT2D eigenvalue weighted by Crippen LogP contribution is 2.10. The van der Waals surface area contributed by atoms with E-state index in [1.807, 2.05) is 12.3 Å². The van der Waals surface area contributed by atoms with Crippen LogP contribution in [-0.4, -0.2) is 34.5 Å². The van der Waals surface area contributed by atoms with Crippen molar-refractivity contribution in [2.24, 2.45) is 4.99 Å². The van der Waals surface area contributed by atoms with Crippen LogP contribution in [0.25, 0.3) is 5.65 Å². The van der Waals surface area contributed by atoms with Crippen molar-refractivity contribution in [1.82, 2.24) is 20.0 Å². The van der Waals surface area contributed by atoms with Crippen LogP contribution in [0.4, 0.5) is 0 Å². The first-order valence-electron chi connectivity index (χ1n) is 7.31. The van der Waals surface area contributed by atoms with Crippen molar-refractivity contribution in [1.29, 1.82) is 0 Å². The third-order valence-electron chi connectivity index (χ3n) is 3.12. The molecule has 122 valence electrons.